The molecule has 0 saturated carbocycles. The Morgan fingerprint density at radius 2 is 0.797 bits per heavy atom. The zero-order chi connectivity index (χ0) is 42.9. The number of para-hydroxylation sites is 2. The number of hydrogen-bond donors (Lipinski definition) is 0. The monoisotopic (exact) mass is 818 g/mol. The van der Waals surface area contributed by atoms with Crippen LogP contribution in [-0.2, 0) is 5.41 Å². The summed E-state index contributed by atoms with van der Waals surface area (Å²) in [4.78, 5) is 4.77. The van der Waals surface area contributed by atoms with Gasteiger partial charge in [-0.25, -0.2) is 0 Å². The number of fused-ring (bicyclic) bond motifs is 7. The van der Waals surface area contributed by atoms with Crippen molar-refractivity contribution >= 4 is 28.4 Å². The second-order valence-corrected chi connectivity index (χ2v) is 16.6. The van der Waals surface area contributed by atoms with Gasteiger partial charge in [-0.05, 0) is 141 Å². The molecule has 2 nitrogen and oxygen atoms in total. The number of rotatable bonds is 7. The van der Waals surface area contributed by atoms with Gasteiger partial charge in [0.1, 0.15) is 0 Å². The summed E-state index contributed by atoms with van der Waals surface area (Å²) in [7, 11) is 0. The molecule has 9 aromatic rings. The van der Waals surface area contributed by atoms with Crippen LogP contribution in [-0.4, -0.2) is 0 Å². The molecule has 11 rings (SSSR count). The maximum Gasteiger partial charge on any atom is 0.0668 e. The van der Waals surface area contributed by atoms with E-state index in [9.17, 15) is 0 Å². The lowest BCUT2D eigenvalue weighted by Gasteiger charge is -2.37. The van der Waals surface area contributed by atoms with E-state index in [4.69, 9.17) is 0 Å². The molecule has 1 spiro atoms. The first-order valence-corrected chi connectivity index (χ1v) is 22.1. The van der Waals surface area contributed by atoms with Crippen molar-refractivity contribution in [2.75, 3.05) is 9.80 Å². The van der Waals surface area contributed by atoms with E-state index < -0.39 is 5.41 Å². The molecule has 0 N–H and O–H groups in total. The Hall–Kier alpha value is -8.20. The van der Waals surface area contributed by atoms with E-state index >= 15 is 0 Å². The molecule has 0 aromatic heterocycles. The molecule has 9 aromatic carbocycles. The summed E-state index contributed by atoms with van der Waals surface area (Å²) in [6.45, 7) is 2.22. The largest absolute Gasteiger partial charge is 0.314 e. The van der Waals surface area contributed by atoms with Gasteiger partial charge in [-0.2, -0.15) is 0 Å². The molecule has 64 heavy (non-hydrogen) atoms. The molecule has 0 fully saturated rings. The van der Waals surface area contributed by atoms with Crippen molar-refractivity contribution in [3.63, 3.8) is 0 Å². The van der Waals surface area contributed by atoms with E-state index in [1.54, 1.807) is 0 Å². The summed E-state index contributed by atoms with van der Waals surface area (Å²) in [6.07, 6.45) is 11.3. The van der Waals surface area contributed by atoms with Gasteiger partial charge in [0.05, 0.1) is 11.1 Å². The Balaban J connectivity index is 1.08. The highest BCUT2D eigenvalue weighted by Crippen LogP contribution is 2.57. The van der Waals surface area contributed by atoms with E-state index in [-0.39, 0.29) is 0 Å². The van der Waals surface area contributed by atoms with Crippen molar-refractivity contribution in [1.29, 1.82) is 0 Å². The zero-order valence-corrected chi connectivity index (χ0v) is 35.7. The van der Waals surface area contributed by atoms with Gasteiger partial charge in [-0.15, -0.1) is 0 Å². The standard InChI is InChI=1S/C62H46N2/c1-45-19-7-6-18-42-62(59-43-50(47-22-10-3-11-23-47)32-40-56(59)57-41-33-51(44-60(57)62)48-24-12-4-13-25-48)58-28-16-17-29-61(58)63(45)53-36-38-55(39-37-53)64(52-26-14-5-15-27-52)54-34-30-49(31-35-54)46-20-8-2-9-21-46/h2-44H,1H3/b7-6-,42-18+,45-19+. The average molecular weight is 819 g/mol. The van der Waals surface area contributed by atoms with Gasteiger partial charge < -0.3 is 9.80 Å². The Kier molecular flexibility index (Phi) is 10.0. The lowest BCUT2D eigenvalue weighted by Crippen LogP contribution is -2.28. The fourth-order valence-electron chi connectivity index (χ4n) is 9.81. The van der Waals surface area contributed by atoms with Crippen LogP contribution < -0.4 is 9.80 Å². The van der Waals surface area contributed by atoms with Crippen LogP contribution in [0.2, 0.25) is 0 Å². The minimum Gasteiger partial charge on any atom is -0.314 e. The molecule has 0 saturated heterocycles. The van der Waals surface area contributed by atoms with Crippen LogP contribution in [0.25, 0.3) is 44.5 Å². The first-order chi connectivity index (χ1) is 31.7. The van der Waals surface area contributed by atoms with Crippen molar-refractivity contribution < 1.29 is 0 Å². The van der Waals surface area contributed by atoms with Gasteiger partial charge in [0, 0.05) is 28.4 Å². The van der Waals surface area contributed by atoms with Gasteiger partial charge in [0.2, 0.25) is 0 Å². The van der Waals surface area contributed by atoms with Gasteiger partial charge in [0.25, 0.3) is 0 Å². The van der Waals surface area contributed by atoms with E-state index in [1.807, 2.05) is 0 Å². The number of benzene rings is 9. The summed E-state index contributed by atoms with van der Waals surface area (Å²) in [6, 6.07) is 83.8. The quantitative estimate of drug-likeness (QED) is 0.158. The van der Waals surface area contributed by atoms with Crippen LogP contribution >= 0.6 is 0 Å². The molecule has 0 radical (unpaired) electrons. The number of hydrogen-bond acceptors (Lipinski definition) is 2. The molecule has 1 aliphatic heterocycles. The van der Waals surface area contributed by atoms with Gasteiger partial charge >= 0.3 is 0 Å². The summed E-state index contributed by atoms with van der Waals surface area (Å²) in [5.74, 6) is 0. The fourth-order valence-corrected chi connectivity index (χ4v) is 9.81. The molecule has 0 atom stereocenters. The second kappa shape index (κ2) is 16.6. The molecule has 0 unspecified atom stereocenters. The normalized spacial score (nSPS) is 15.3. The summed E-state index contributed by atoms with van der Waals surface area (Å²) in [5.41, 5.74) is 19.5. The lowest BCUT2D eigenvalue weighted by atomic mass is 9.70. The molecule has 1 heterocycles. The molecule has 2 aliphatic rings. The van der Waals surface area contributed by atoms with Crippen LogP contribution in [0.1, 0.15) is 23.6 Å². The summed E-state index contributed by atoms with van der Waals surface area (Å²) >= 11 is 0. The Labute approximate surface area is 376 Å². The van der Waals surface area contributed by atoms with Crippen LogP contribution in [0.15, 0.2) is 267 Å². The van der Waals surface area contributed by atoms with Gasteiger partial charge in [-0.3, -0.25) is 0 Å². The predicted octanol–water partition coefficient (Wildman–Crippen LogP) is 16.6. The van der Waals surface area contributed by atoms with Crippen LogP contribution in [0, 0.1) is 0 Å². The fraction of sp³-hybridized carbons (Fsp3) is 0.0323. The molecule has 2 heteroatoms. The third-order valence-electron chi connectivity index (χ3n) is 12.8. The molecular formula is C62H46N2. The van der Waals surface area contributed by atoms with Crippen molar-refractivity contribution in [2.24, 2.45) is 0 Å². The molecule has 0 amide bonds. The summed E-state index contributed by atoms with van der Waals surface area (Å²) in [5, 5.41) is 0. The van der Waals surface area contributed by atoms with Crippen molar-refractivity contribution in [2.45, 2.75) is 12.3 Å². The van der Waals surface area contributed by atoms with Gasteiger partial charge in [-0.1, -0.05) is 188 Å². The number of allylic oxidation sites excluding steroid dienone is 6. The topological polar surface area (TPSA) is 6.48 Å². The second-order valence-electron chi connectivity index (χ2n) is 16.6. The van der Waals surface area contributed by atoms with Crippen LogP contribution in [0.3, 0.4) is 0 Å². The van der Waals surface area contributed by atoms with E-state index in [0.717, 1.165) is 34.1 Å². The highest BCUT2D eigenvalue weighted by molar-refractivity contribution is 5.92. The molecule has 1 aliphatic carbocycles. The number of anilines is 5. The highest BCUT2D eigenvalue weighted by atomic mass is 15.2. The third kappa shape index (κ3) is 6.87. The van der Waals surface area contributed by atoms with Crippen LogP contribution in [0.4, 0.5) is 28.4 Å². The van der Waals surface area contributed by atoms with Crippen molar-refractivity contribution in [1.82, 2.24) is 0 Å². The van der Waals surface area contributed by atoms with E-state index in [2.05, 4.69) is 278 Å². The smallest absolute Gasteiger partial charge is 0.0668 e. The minimum absolute atomic E-state index is 0.618. The number of nitrogens with zero attached hydrogens (tertiary/aromatic N) is 2. The van der Waals surface area contributed by atoms with Crippen molar-refractivity contribution in [3.8, 4) is 44.5 Å². The first-order valence-electron chi connectivity index (χ1n) is 22.1. The Bertz CT molecular complexity index is 3090. The third-order valence-corrected chi connectivity index (χ3v) is 12.8. The summed E-state index contributed by atoms with van der Waals surface area (Å²) < 4.78 is 0. The average Bonchev–Trinajstić information content (AvgIpc) is 3.64. The van der Waals surface area contributed by atoms with E-state index in [1.165, 1.54) is 61.2 Å². The van der Waals surface area contributed by atoms with Crippen molar-refractivity contribution in [3.05, 3.63) is 283 Å². The maximum atomic E-state index is 2.44. The Morgan fingerprint density at radius 1 is 0.359 bits per heavy atom. The molecule has 0 bridgehead atoms. The lowest BCUT2D eigenvalue weighted by molar-refractivity contribution is 0.801. The minimum atomic E-state index is -0.618. The molecular weight excluding hydrogens is 773 g/mol. The van der Waals surface area contributed by atoms with Gasteiger partial charge in [0.15, 0.2) is 0 Å². The Morgan fingerprint density at radius 3 is 1.36 bits per heavy atom. The first kappa shape index (κ1) is 38.7. The maximum absolute atomic E-state index is 2.44. The van der Waals surface area contributed by atoms with Crippen LogP contribution in [0.5, 0.6) is 0 Å². The van der Waals surface area contributed by atoms with E-state index in [0.29, 0.717) is 0 Å². The highest BCUT2D eigenvalue weighted by Gasteiger charge is 2.45. The predicted molar refractivity (Wildman–Crippen MR) is 270 cm³/mol. The SMILES string of the molecule is C\C1=C/C=C\C=C\C2(c3cc(-c4ccccc4)ccc3-c3ccc(-c4ccccc4)cc32)c2ccccc2N1c1ccc(N(c2ccccc2)c2ccc(-c3ccccc3)cc2)cc1. The zero-order valence-electron chi connectivity index (χ0n) is 35.7. The molecule has 304 valence electrons.